The normalized spacial score (nSPS) is 14.9. The number of nitrogens with one attached hydrogen (secondary N) is 1. The molecule has 0 radical (unpaired) electrons. The topological polar surface area (TPSA) is 73.9 Å². The van der Waals surface area contributed by atoms with Crippen molar-refractivity contribution in [3.05, 3.63) is 52.4 Å². The first-order chi connectivity index (χ1) is 19.0. The van der Waals surface area contributed by atoms with Gasteiger partial charge < -0.3 is 28.5 Å². The van der Waals surface area contributed by atoms with E-state index in [1.54, 1.807) is 18.2 Å². The lowest BCUT2D eigenvalue weighted by molar-refractivity contribution is -0.920. The summed E-state index contributed by atoms with van der Waals surface area (Å²) in [6.45, 7) is 15.3. The molecule has 0 unspecified atom stereocenters. The van der Waals surface area contributed by atoms with E-state index in [9.17, 15) is 18.4 Å². The summed E-state index contributed by atoms with van der Waals surface area (Å²) in [4.78, 5) is 27.1. The second-order valence-corrected chi connectivity index (χ2v) is 10.1. The Morgan fingerprint density at radius 2 is 1.18 bits per heavy atom. The van der Waals surface area contributed by atoms with Gasteiger partial charge in [0, 0.05) is 5.56 Å². The van der Waals surface area contributed by atoms with Crippen LogP contribution >= 0.6 is 0 Å². The Bertz CT molecular complexity index is 1020. The molecule has 0 fully saturated rings. The first-order valence-corrected chi connectivity index (χ1v) is 14.2. The maximum absolute atomic E-state index is 13.6. The number of likely N-dealkylation sites (N-methyl/N-ethyl adjacent to an activating group) is 2. The largest absolute Gasteiger partial charge is 0.466 e. The summed E-state index contributed by atoms with van der Waals surface area (Å²) in [5, 5.41) is 3.50. The third-order valence-electron chi connectivity index (χ3n) is 8.80. The fourth-order valence-electron chi connectivity index (χ4n) is 5.68. The number of halogens is 2. The van der Waals surface area contributed by atoms with Crippen molar-refractivity contribution in [3.63, 3.8) is 0 Å². The lowest BCUT2D eigenvalue weighted by Gasteiger charge is -2.42. The molecule has 1 aliphatic rings. The minimum atomic E-state index is -3.09. The summed E-state index contributed by atoms with van der Waals surface area (Å²) in [6, 6.07) is 6.28. The molecule has 224 valence electrons. The number of nitrogens with zero attached hydrogens (tertiary/aromatic N) is 2. The lowest BCUT2D eigenvalue weighted by Crippen LogP contribution is -2.54. The predicted molar refractivity (Wildman–Crippen MR) is 151 cm³/mol. The molecule has 0 aromatic heterocycles. The Morgan fingerprint density at radius 1 is 0.775 bits per heavy atom. The average molecular weight is 568 g/mol. The zero-order valence-electron chi connectivity index (χ0n) is 25.3. The summed E-state index contributed by atoms with van der Waals surface area (Å²) >= 11 is 0. The fourth-order valence-corrected chi connectivity index (χ4v) is 5.68. The van der Waals surface area contributed by atoms with Gasteiger partial charge in [0.15, 0.2) is 0 Å². The van der Waals surface area contributed by atoms with Crippen LogP contribution in [0.2, 0.25) is 0 Å². The maximum atomic E-state index is 13.6. The van der Waals surface area contributed by atoms with E-state index in [0.29, 0.717) is 33.4 Å². The van der Waals surface area contributed by atoms with Crippen LogP contribution in [0.3, 0.4) is 0 Å². The third-order valence-corrected chi connectivity index (χ3v) is 8.80. The highest BCUT2D eigenvalue weighted by molar-refractivity contribution is 6.00. The van der Waals surface area contributed by atoms with Crippen molar-refractivity contribution in [1.82, 2.24) is 5.32 Å². The number of dihydropyridines is 1. The number of esters is 2. The Labute approximate surface area is 237 Å². The zero-order valence-corrected chi connectivity index (χ0v) is 25.3. The van der Waals surface area contributed by atoms with Crippen LogP contribution in [-0.4, -0.2) is 94.1 Å². The highest BCUT2D eigenvalue weighted by Crippen LogP contribution is 2.44. The van der Waals surface area contributed by atoms with Crippen LogP contribution in [0.4, 0.5) is 8.78 Å². The summed E-state index contributed by atoms with van der Waals surface area (Å²) < 4.78 is 43.8. The van der Waals surface area contributed by atoms with Crippen molar-refractivity contribution < 1.29 is 41.5 Å². The van der Waals surface area contributed by atoms with E-state index >= 15 is 0 Å². The number of para-hydroxylation sites is 1. The smallest absolute Gasteiger partial charge is 0.387 e. The molecule has 1 aliphatic heterocycles. The summed E-state index contributed by atoms with van der Waals surface area (Å²) in [5.41, 5.74) is 1.87. The number of alkyl halides is 2. The van der Waals surface area contributed by atoms with Crippen molar-refractivity contribution >= 4 is 11.9 Å². The second kappa shape index (κ2) is 14.6. The van der Waals surface area contributed by atoms with Gasteiger partial charge in [-0.05, 0) is 47.6 Å². The number of hydrogen-bond donors (Lipinski definition) is 1. The standard InChI is InChI=1S/C30H46F2N3O5/c1-9-34(10-2,11-3)19-22-26(28(36)38-7)25(21-17-15-16-18-24(21)40-30(31)32)27(29(37)39-8)23(33-22)20-35(12-4,13-5)14-6/h15-18,25,30H,9-14,19-20H2,1-8H3/q+1/p+1. The van der Waals surface area contributed by atoms with Crippen LogP contribution in [0.15, 0.2) is 46.8 Å². The van der Waals surface area contributed by atoms with Crippen LogP contribution in [0.1, 0.15) is 53.0 Å². The minimum Gasteiger partial charge on any atom is -0.466 e. The molecule has 0 aliphatic carbocycles. The first-order valence-electron chi connectivity index (χ1n) is 14.2. The Kier molecular flexibility index (Phi) is 12.1. The third kappa shape index (κ3) is 7.01. The molecule has 10 heteroatoms. The molecule has 0 bridgehead atoms. The molecular formula is C30H47F2N3O5+2. The number of methoxy groups -OCH3 is 2. The number of benzene rings is 1. The van der Waals surface area contributed by atoms with Crippen molar-refractivity contribution in [3.8, 4) is 5.75 Å². The predicted octanol–water partition coefficient (Wildman–Crippen LogP) is 4.58. The number of carbonyl (C=O) groups is 2. The zero-order chi connectivity index (χ0) is 30.1. The Balaban J connectivity index is 3.04. The van der Waals surface area contributed by atoms with Gasteiger partial charge in [-0.1, -0.05) is 18.2 Å². The molecule has 0 spiro atoms. The van der Waals surface area contributed by atoms with Crippen LogP contribution in [-0.2, 0) is 19.1 Å². The van der Waals surface area contributed by atoms with Gasteiger partial charge in [-0.15, -0.1) is 0 Å². The molecule has 1 heterocycles. The molecule has 40 heavy (non-hydrogen) atoms. The van der Waals surface area contributed by atoms with Crippen molar-refractivity contribution in [2.24, 2.45) is 0 Å². The van der Waals surface area contributed by atoms with Gasteiger partial charge in [-0.25, -0.2) is 9.59 Å². The molecule has 0 saturated carbocycles. The molecule has 1 aromatic rings. The van der Waals surface area contributed by atoms with Crippen LogP contribution in [0.5, 0.6) is 5.75 Å². The number of carbonyl (C=O) groups excluding carboxylic acids is 2. The SMILES string of the molecule is CC[N+](CC)(CC)CC1=C(C(=O)OC)C(c2ccccc2OC(F)F)C(C(=O)OC)=C(C[N+](CC)(CC)CC)N1. The van der Waals surface area contributed by atoms with E-state index in [1.807, 2.05) is 0 Å². The van der Waals surface area contributed by atoms with Crippen LogP contribution < -0.4 is 10.1 Å². The fraction of sp³-hybridized carbons (Fsp3) is 0.600. The van der Waals surface area contributed by atoms with Gasteiger partial charge in [0.25, 0.3) is 0 Å². The highest BCUT2D eigenvalue weighted by atomic mass is 19.3. The van der Waals surface area contributed by atoms with E-state index in [1.165, 1.54) is 20.3 Å². The molecule has 0 atom stereocenters. The molecule has 0 amide bonds. The number of ether oxygens (including phenoxy) is 3. The molecular weight excluding hydrogens is 520 g/mol. The second-order valence-electron chi connectivity index (χ2n) is 10.1. The number of quaternary nitrogens is 2. The van der Waals surface area contributed by atoms with Crippen LogP contribution in [0.25, 0.3) is 0 Å². The molecule has 1 aromatic carbocycles. The van der Waals surface area contributed by atoms with Gasteiger partial charge in [-0.3, -0.25) is 0 Å². The molecule has 0 saturated heterocycles. The van der Waals surface area contributed by atoms with Gasteiger partial charge in [0.2, 0.25) is 0 Å². The minimum absolute atomic E-state index is 0.115. The van der Waals surface area contributed by atoms with E-state index in [0.717, 1.165) is 39.3 Å². The first kappa shape index (κ1) is 33.2. The van der Waals surface area contributed by atoms with E-state index in [2.05, 4.69) is 46.9 Å². The Morgan fingerprint density at radius 3 is 1.52 bits per heavy atom. The number of rotatable bonds is 15. The van der Waals surface area contributed by atoms with Gasteiger partial charge in [0.05, 0.1) is 81.9 Å². The van der Waals surface area contributed by atoms with Crippen LogP contribution in [0, 0.1) is 0 Å². The number of hydrogen-bond acceptors (Lipinski definition) is 6. The monoisotopic (exact) mass is 567 g/mol. The molecule has 8 nitrogen and oxygen atoms in total. The van der Waals surface area contributed by atoms with Crippen molar-refractivity contribution in [2.45, 2.75) is 54.1 Å². The van der Waals surface area contributed by atoms with E-state index in [-0.39, 0.29) is 22.5 Å². The lowest BCUT2D eigenvalue weighted by atomic mass is 9.79. The van der Waals surface area contributed by atoms with Gasteiger partial charge in [0.1, 0.15) is 18.8 Å². The summed E-state index contributed by atoms with van der Waals surface area (Å²) in [6.07, 6.45) is 0. The molecule has 1 N–H and O–H groups in total. The van der Waals surface area contributed by atoms with E-state index < -0.39 is 24.5 Å². The summed E-state index contributed by atoms with van der Waals surface area (Å²) in [5.74, 6) is -2.46. The van der Waals surface area contributed by atoms with Gasteiger partial charge >= 0.3 is 18.6 Å². The average Bonchev–Trinajstić information content (AvgIpc) is 2.97. The Hall–Kier alpha value is -2.98. The van der Waals surface area contributed by atoms with Crippen molar-refractivity contribution in [1.29, 1.82) is 0 Å². The van der Waals surface area contributed by atoms with Crippen molar-refractivity contribution in [2.75, 3.05) is 66.6 Å². The molecule has 2 rings (SSSR count). The van der Waals surface area contributed by atoms with E-state index in [4.69, 9.17) is 14.2 Å². The summed E-state index contributed by atoms with van der Waals surface area (Å²) in [7, 11) is 2.55. The maximum Gasteiger partial charge on any atom is 0.387 e. The van der Waals surface area contributed by atoms with Gasteiger partial charge in [-0.2, -0.15) is 8.78 Å². The highest BCUT2D eigenvalue weighted by Gasteiger charge is 2.44. The quantitative estimate of drug-likeness (QED) is 0.247.